The van der Waals surface area contributed by atoms with Crippen LogP contribution in [-0.4, -0.2) is 42.1 Å². The first-order valence-electron chi connectivity index (χ1n) is 6.54. The van der Waals surface area contributed by atoms with Gasteiger partial charge in [-0.25, -0.2) is 0 Å². The fourth-order valence-corrected chi connectivity index (χ4v) is 4.10. The molecule has 2 nitrogen and oxygen atoms in total. The van der Waals surface area contributed by atoms with Crippen molar-refractivity contribution in [3.05, 3.63) is 0 Å². The van der Waals surface area contributed by atoms with Gasteiger partial charge in [-0.05, 0) is 38.5 Å². The summed E-state index contributed by atoms with van der Waals surface area (Å²) < 4.78 is 0. The number of nitrogens with zero attached hydrogens (tertiary/aromatic N) is 1. The molecule has 1 saturated carbocycles. The molecule has 2 N–H and O–H groups in total. The van der Waals surface area contributed by atoms with Gasteiger partial charge >= 0.3 is 0 Å². The predicted molar refractivity (Wildman–Crippen MR) is 75.0 cm³/mol. The van der Waals surface area contributed by atoms with E-state index < -0.39 is 0 Å². The highest BCUT2D eigenvalue weighted by atomic mass is 32.2. The molecule has 0 aromatic rings. The highest BCUT2D eigenvalue weighted by Crippen LogP contribution is 2.40. The Hall–Kier alpha value is 0.270. The average Bonchev–Trinajstić information content (AvgIpc) is 2.67. The van der Waals surface area contributed by atoms with E-state index in [0.717, 1.165) is 12.5 Å². The first-order valence-corrected chi connectivity index (χ1v) is 7.93. The Morgan fingerprint density at radius 3 is 2.62 bits per heavy atom. The second-order valence-corrected chi connectivity index (χ2v) is 6.14. The molecule has 3 heteroatoms. The van der Waals surface area contributed by atoms with Crippen LogP contribution in [0, 0.1) is 5.92 Å². The van der Waals surface area contributed by atoms with Crippen molar-refractivity contribution in [2.75, 3.05) is 25.6 Å². The zero-order chi connectivity index (χ0) is 12.2. The van der Waals surface area contributed by atoms with E-state index in [9.17, 15) is 0 Å². The molecule has 1 rings (SSSR count). The Morgan fingerprint density at radius 2 is 2.25 bits per heavy atom. The van der Waals surface area contributed by atoms with Crippen LogP contribution in [0.2, 0.25) is 0 Å². The van der Waals surface area contributed by atoms with Crippen molar-refractivity contribution in [1.29, 1.82) is 0 Å². The van der Waals surface area contributed by atoms with Crippen LogP contribution >= 0.6 is 11.8 Å². The number of rotatable bonds is 6. The molecule has 0 bridgehead atoms. The van der Waals surface area contributed by atoms with Crippen LogP contribution in [0.3, 0.4) is 0 Å². The lowest BCUT2D eigenvalue weighted by atomic mass is 9.85. The molecule has 3 atom stereocenters. The quantitative estimate of drug-likeness (QED) is 0.779. The summed E-state index contributed by atoms with van der Waals surface area (Å²) in [7, 11) is 2.29. The lowest BCUT2D eigenvalue weighted by Crippen LogP contribution is -2.58. The lowest BCUT2D eigenvalue weighted by Gasteiger charge is -2.46. The molecule has 0 aliphatic heterocycles. The summed E-state index contributed by atoms with van der Waals surface area (Å²) in [6.07, 6.45) is 7.40. The molecule has 1 aliphatic rings. The van der Waals surface area contributed by atoms with Gasteiger partial charge in [0, 0.05) is 23.9 Å². The van der Waals surface area contributed by atoms with Gasteiger partial charge in [0.25, 0.3) is 0 Å². The fourth-order valence-electron chi connectivity index (χ4n) is 3.26. The van der Waals surface area contributed by atoms with Crippen molar-refractivity contribution >= 4 is 11.8 Å². The Morgan fingerprint density at radius 1 is 1.56 bits per heavy atom. The fraction of sp³-hybridized carbons (Fsp3) is 1.00. The Kier molecular flexibility index (Phi) is 5.62. The first-order chi connectivity index (χ1) is 7.62. The molecule has 1 aliphatic carbocycles. The van der Waals surface area contributed by atoms with E-state index >= 15 is 0 Å². The highest BCUT2D eigenvalue weighted by Gasteiger charge is 2.44. The average molecular weight is 244 g/mol. The SMILES string of the molecule is CCC(CSC)N(C)C1(CN)CCCC1C. The van der Waals surface area contributed by atoms with Crippen LogP contribution in [0.15, 0.2) is 0 Å². The standard InChI is InChI=1S/C13H28N2S/c1-5-12(9-16-4)15(3)13(10-14)8-6-7-11(13)2/h11-12H,5-10,14H2,1-4H3. The lowest BCUT2D eigenvalue weighted by molar-refractivity contribution is 0.0562. The van der Waals surface area contributed by atoms with Crippen LogP contribution < -0.4 is 5.73 Å². The summed E-state index contributed by atoms with van der Waals surface area (Å²) in [5.74, 6) is 1.97. The van der Waals surface area contributed by atoms with Crippen molar-refractivity contribution < 1.29 is 0 Å². The van der Waals surface area contributed by atoms with Gasteiger partial charge in [0.1, 0.15) is 0 Å². The summed E-state index contributed by atoms with van der Waals surface area (Å²) >= 11 is 1.95. The van der Waals surface area contributed by atoms with Gasteiger partial charge in [0.05, 0.1) is 0 Å². The van der Waals surface area contributed by atoms with Crippen LogP contribution in [0.1, 0.15) is 39.5 Å². The zero-order valence-electron chi connectivity index (χ0n) is 11.3. The van der Waals surface area contributed by atoms with Crippen LogP contribution in [0.25, 0.3) is 0 Å². The maximum atomic E-state index is 6.10. The van der Waals surface area contributed by atoms with Gasteiger partial charge in [-0.3, -0.25) is 4.90 Å². The molecular formula is C13H28N2S. The summed E-state index contributed by atoms with van der Waals surface area (Å²) in [6.45, 7) is 5.49. The van der Waals surface area contributed by atoms with Crippen molar-refractivity contribution in [3.8, 4) is 0 Å². The van der Waals surface area contributed by atoms with E-state index in [1.807, 2.05) is 11.8 Å². The first kappa shape index (κ1) is 14.3. The minimum absolute atomic E-state index is 0.274. The number of thioether (sulfide) groups is 1. The van der Waals surface area contributed by atoms with E-state index in [-0.39, 0.29) is 5.54 Å². The minimum Gasteiger partial charge on any atom is -0.329 e. The molecule has 1 fully saturated rings. The highest BCUT2D eigenvalue weighted by molar-refractivity contribution is 7.98. The van der Waals surface area contributed by atoms with E-state index in [1.165, 1.54) is 31.4 Å². The summed E-state index contributed by atoms with van der Waals surface area (Å²) in [5.41, 5.74) is 6.37. The van der Waals surface area contributed by atoms with Gasteiger partial charge in [0.15, 0.2) is 0 Å². The Labute approximate surface area is 105 Å². The molecule has 16 heavy (non-hydrogen) atoms. The van der Waals surface area contributed by atoms with Gasteiger partial charge < -0.3 is 5.73 Å². The molecule has 0 radical (unpaired) electrons. The van der Waals surface area contributed by atoms with Gasteiger partial charge in [-0.2, -0.15) is 11.8 Å². The molecule has 0 aromatic carbocycles. The molecule has 3 unspecified atom stereocenters. The maximum Gasteiger partial charge on any atom is 0.0357 e. The minimum atomic E-state index is 0.274. The smallest absolute Gasteiger partial charge is 0.0357 e. The normalized spacial score (nSPS) is 32.2. The molecule has 0 saturated heterocycles. The maximum absolute atomic E-state index is 6.10. The van der Waals surface area contributed by atoms with Crippen LogP contribution in [0.4, 0.5) is 0 Å². The summed E-state index contributed by atoms with van der Waals surface area (Å²) in [4.78, 5) is 2.60. The third kappa shape index (κ3) is 2.57. The Bertz CT molecular complexity index is 210. The molecule has 96 valence electrons. The summed E-state index contributed by atoms with van der Waals surface area (Å²) in [6, 6.07) is 0.680. The van der Waals surface area contributed by atoms with Gasteiger partial charge in [0.2, 0.25) is 0 Å². The molecular weight excluding hydrogens is 216 g/mol. The van der Waals surface area contributed by atoms with E-state index in [2.05, 4.69) is 32.1 Å². The van der Waals surface area contributed by atoms with E-state index in [1.54, 1.807) is 0 Å². The van der Waals surface area contributed by atoms with Crippen molar-refractivity contribution in [2.45, 2.75) is 51.1 Å². The molecule has 0 spiro atoms. The van der Waals surface area contributed by atoms with Crippen molar-refractivity contribution in [3.63, 3.8) is 0 Å². The Balaban J connectivity index is 2.78. The second-order valence-electron chi connectivity index (χ2n) is 5.23. The third-order valence-electron chi connectivity index (χ3n) is 4.60. The van der Waals surface area contributed by atoms with Gasteiger partial charge in [-0.15, -0.1) is 0 Å². The van der Waals surface area contributed by atoms with E-state index in [0.29, 0.717) is 6.04 Å². The largest absolute Gasteiger partial charge is 0.329 e. The number of nitrogens with two attached hydrogens (primary N) is 1. The topological polar surface area (TPSA) is 29.3 Å². The predicted octanol–water partition coefficient (Wildman–Crippen LogP) is 2.58. The van der Waals surface area contributed by atoms with Crippen molar-refractivity contribution in [1.82, 2.24) is 4.90 Å². The molecule has 0 heterocycles. The van der Waals surface area contributed by atoms with Crippen molar-refractivity contribution in [2.24, 2.45) is 11.7 Å². The second kappa shape index (κ2) is 6.27. The van der Waals surface area contributed by atoms with E-state index in [4.69, 9.17) is 5.73 Å². The number of hydrogen-bond donors (Lipinski definition) is 1. The summed E-state index contributed by atoms with van der Waals surface area (Å²) in [5, 5.41) is 0. The number of hydrogen-bond acceptors (Lipinski definition) is 3. The third-order valence-corrected chi connectivity index (χ3v) is 5.32. The zero-order valence-corrected chi connectivity index (χ0v) is 12.1. The van der Waals surface area contributed by atoms with Crippen LogP contribution in [-0.2, 0) is 0 Å². The molecule has 0 aromatic heterocycles. The molecule has 0 amide bonds. The number of likely N-dealkylation sites (N-methyl/N-ethyl adjacent to an activating group) is 1. The van der Waals surface area contributed by atoms with Crippen LogP contribution in [0.5, 0.6) is 0 Å². The van der Waals surface area contributed by atoms with Gasteiger partial charge in [-0.1, -0.05) is 20.3 Å². The monoisotopic (exact) mass is 244 g/mol.